The summed E-state index contributed by atoms with van der Waals surface area (Å²) in [4.78, 5) is 0. The Morgan fingerprint density at radius 2 is 2.10 bits per heavy atom. The highest BCUT2D eigenvalue weighted by Gasteiger charge is 2.01. The second kappa shape index (κ2) is 3.59. The first-order valence-electron chi connectivity index (χ1n) is 2.05. The molecule has 0 amide bonds. The molecule has 0 atom stereocenters. The maximum absolute atomic E-state index is 11.1. The van der Waals surface area contributed by atoms with E-state index < -0.39 is 23.1 Å². The fourth-order valence-corrected chi connectivity index (χ4v) is 0.423. The summed E-state index contributed by atoms with van der Waals surface area (Å²) in [6.45, 7) is -0.860. The van der Waals surface area contributed by atoms with E-state index in [0.717, 1.165) is 0 Å². The Morgan fingerprint density at radius 1 is 1.60 bits per heavy atom. The van der Waals surface area contributed by atoms with Crippen LogP contribution in [-0.4, -0.2) is 19.6 Å². The standard InChI is InChI=1S/C3H4F2O4S/c4-3(5)1-2-9-10(6,7)8/h1H,2H2,(H,6,7,8). The van der Waals surface area contributed by atoms with Gasteiger partial charge in [0.1, 0.15) is 0 Å². The van der Waals surface area contributed by atoms with Crippen LogP contribution in [0.25, 0.3) is 0 Å². The van der Waals surface area contributed by atoms with Crippen LogP contribution in [0.1, 0.15) is 0 Å². The zero-order chi connectivity index (χ0) is 8.20. The van der Waals surface area contributed by atoms with Gasteiger partial charge in [0.2, 0.25) is 0 Å². The molecular weight excluding hydrogens is 170 g/mol. The van der Waals surface area contributed by atoms with E-state index in [1.54, 1.807) is 0 Å². The average Bonchev–Trinajstić information content (AvgIpc) is 1.59. The van der Waals surface area contributed by atoms with Crippen LogP contribution in [0.5, 0.6) is 0 Å². The molecule has 0 aromatic carbocycles. The van der Waals surface area contributed by atoms with Crippen LogP contribution in [0.4, 0.5) is 8.78 Å². The lowest BCUT2D eigenvalue weighted by Crippen LogP contribution is -2.02. The van der Waals surface area contributed by atoms with Crippen LogP contribution in [0, 0.1) is 0 Å². The van der Waals surface area contributed by atoms with E-state index in [4.69, 9.17) is 4.55 Å². The minimum Gasteiger partial charge on any atom is -0.264 e. The normalized spacial score (nSPS) is 11.1. The van der Waals surface area contributed by atoms with Gasteiger partial charge in [0.25, 0.3) is 6.08 Å². The second-order valence-electron chi connectivity index (χ2n) is 1.21. The third kappa shape index (κ3) is 7.47. The van der Waals surface area contributed by atoms with E-state index in [1.165, 1.54) is 0 Å². The molecule has 0 fully saturated rings. The molecular formula is C3H4F2O4S. The highest BCUT2D eigenvalue weighted by atomic mass is 32.3. The number of hydrogen-bond donors (Lipinski definition) is 1. The molecule has 1 N–H and O–H groups in total. The quantitative estimate of drug-likeness (QED) is 0.636. The molecule has 60 valence electrons. The van der Waals surface area contributed by atoms with Crippen molar-refractivity contribution in [2.75, 3.05) is 6.61 Å². The number of hydrogen-bond acceptors (Lipinski definition) is 3. The van der Waals surface area contributed by atoms with Gasteiger partial charge in [-0.25, -0.2) is 4.18 Å². The van der Waals surface area contributed by atoms with Crippen molar-refractivity contribution in [1.82, 2.24) is 0 Å². The second-order valence-corrected chi connectivity index (χ2v) is 2.30. The molecule has 0 bridgehead atoms. The van der Waals surface area contributed by atoms with Gasteiger partial charge in [-0.2, -0.15) is 17.2 Å². The van der Waals surface area contributed by atoms with E-state index in [0.29, 0.717) is 0 Å². The predicted molar refractivity (Wildman–Crippen MR) is 27.8 cm³/mol. The Labute approximate surface area is 56.1 Å². The third-order valence-corrected chi connectivity index (χ3v) is 0.889. The van der Waals surface area contributed by atoms with Crippen molar-refractivity contribution in [2.45, 2.75) is 0 Å². The summed E-state index contributed by atoms with van der Waals surface area (Å²) in [6.07, 6.45) is -1.85. The lowest BCUT2D eigenvalue weighted by molar-refractivity contribution is 0.290. The number of rotatable bonds is 3. The summed E-state index contributed by atoms with van der Waals surface area (Å²) in [5.41, 5.74) is 0. The molecule has 0 aliphatic heterocycles. The fourth-order valence-electron chi connectivity index (χ4n) is 0.183. The van der Waals surface area contributed by atoms with E-state index >= 15 is 0 Å². The van der Waals surface area contributed by atoms with E-state index in [1.807, 2.05) is 0 Å². The minimum atomic E-state index is -4.60. The van der Waals surface area contributed by atoms with Gasteiger partial charge in [-0.1, -0.05) is 0 Å². The summed E-state index contributed by atoms with van der Waals surface area (Å²) in [5.74, 6) is 0. The van der Waals surface area contributed by atoms with E-state index in [-0.39, 0.29) is 6.08 Å². The van der Waals surface area contributed by atoms with Gasteiger partial charge in [-0.3, -0.25) is 4.55 Å². The molecule has 0 unspecified atom stereocenters. The van der Waals surface area contributed by atoms with Crippen molar-refractivity contribution in [3.8, 4) is 0 Å². The summed E-state index contributed by atoms with van der Waals surface area (Å²) in [6, 6.07) is 0. The molecule has 0 spiro atoms. The SMILES string of the molecule is O=S(=O)(O)OCC=C(F)F. The Balaban J connectivity index is 3.69. The summed E-state index contributed by atoms with van der Waals surface area (Å²) < 4.78 is 52.9. The summed E-state index contributed by atoms with van der Waals surface area (Å²) in [7, 11) is -4.60. The van der Waals surface area contributed by atoms with Crippen LogP contribution < -0.4 is 0 Å². The average molecular weight is 174 g/mol. The van der Waals surface area contributed by atoms with Crippen LogP contribution in [0.15, 0.2) is 12.2 Å². The summed E-state index contributed by atoms with van der Waals surface area (Å²) in [5, 5.41) is 0. The maximum Gasteiger partial charge on any atom is 0.397 e. The Hall–Kier alpha value is -0.530. The van der Waals surface area contributed by atoms with Gasteiger partial charge in [0, 0.05) is 6.08 Å². The zero-order valence-electron chi connectivity index (χ0n) is 4.62. The first-order valence-corrected chi connectivity index (χ1v) is 3.41. The fraction of sp³-hybridized carbons (Fsp3) is 0.333. The van der Waals surface area contributed by atoms with Crippen molar-refractivity contribution >= 4 is 10.4 Å². The molecule has 10 heavy (non-hydrogen) atoms. The smallest absolute Gasteiger partial charge is 0.264 e. The number of halogens is 2. The lowest BCUT2D eigenvalue weighted by atomic mass is 10.7. The van der Waals surface area contributed by atoms with Crippen LogP contribution >= 0.6 is 0 Å². The molecule has 0 aliphatic rings. The predicted octanol–water partition coefficient (Wildman–Crippen LogP) is 0.586. The largest absolute Gasteiger partial charge is 0.397 e. The minimum absolute atomic E-state index is 0.216. The van der Waals surface area contributed by atoms with Gasteiger partial charge in [0.15, 0.2) is 0 Å². The first-order chi connectivity index (χ1) is 4.42. The molecule has 0 radical (unpaired) electrons. The first kappa shape index (κ1) is 9.47. The van der Waals surface area contributed by atoms with Crippen molar-refractivity contribution in [3.63, 3.8) is 0 Å². The molecule has 0 saturated carbocycles. The van der Waals surface area contributed by atoms with Crippen LogP contribution in [0.2, 0.25) is 0 Å². The summed E-state index contributed by atoms with van der Waals surface area (Å²) >= 11 is 0. The van der Waals surface area contributed by atoms with Gasteiger partial charge in [-0.05, 0) is 0 Å². The molecule has 0 rings (SSSR count). The third-order valence-electron chi connectivity index (χ3n) is 0.455. The zero-order valence-corrected chi connectivity index (χ0v) is 5.44. The van der Waals surface area contributed by atoms with Gasteiger partial charge >= 0.3 is 10.4 Å². The van der Waals surface area contributed by atoms with Gasteiger partial charge in [0.05, 0.1) is 6.61 Å². The van der Waals surface area contributed by atoms with Gasteiger partial charge < -0.3 is 0 Å². The van der Waals surface area contributed by atoms with Crippen molar-refractivity contribution in [1.29, 1.82) is 0 Å². The van der Waals surface area contributed by atoms with Crippen LogP contribution in [0.3, 0.4) is 0 Å². The topological polar surface area (TPSA) is 63.6 Å². The molecule has 4 nitrogen and oxygen atoms in total. The van der Waals surface area contributed by atoms with Crippen molar-refractivity contribution < 1.29 is 25.9 Å². The monoisotopic (exact) mass is 174 g/mol. The van der Waals surface area contributed by atoms with Crippen molar-refractivity contribution in [2.24, 2.45) is 0 Å². The Bertz CT molecular complexity index is 215. The molecule has 0 aromatic heterocycles. The molecule has 0 heterocycles. The highest BCUT2D eigenvalue weighted by Crippen LogP contribution is 1.96. The highest BCUT2D eigenvalue weighted by molar-refractivity contribution is 7.80. The van der Waals surface area contributed by atoms with Gasteiger partial charge in [-0.15, -0.1) is 0 Å². The Morgan fingerprint density at radius 3 is 2.40 bits per heavy atom. The van der Waals surface area contributed by atoms with E-state index in [2.05, 4.69) is 4.18 Å². The Kier molecular flexibility index (Phi) is 3.40. The molecule has 7 heteroatoms. The molecule has 0 aliphatic carbocycles. The molecule has 0 aromatic rings. The maximum atomic E-state index is 11.1. The van der Waals surface area contributed by atoms with E-state index in [9.17, 15) is 17.2 Å². The molecule has 0 saturated heterocycles. The lowest BCUT2D eigenvalue weighted by Gasteiger charge is -1.91. The van der Waals surface area contributed by atoms with Crippen LogP contribution in [-0.2, 0) is 14.6 Å². The van der Waals surface area contributed by atoms with Crippen molar-refractivity contribution in [3.05, 3.63) is 12.2 Å².